The predicted octanol–water partition coefficient (Wildman–Crippen LogP) is 2.61. The first-order chi connectivity index (χ1) is 10.6. The van der Waals surface area contributed by atoms with Crippen LogP contribution in [0.5, 0.6) is 11.5 Å². The Bertz CT molecular complexity index is 702. The quantitative estimate of drug-likeness (QED) is 0.905. The molecule has 2 aromatic rings. The van der Waals surface area contributed by atoms with Gasteiger partial charge in [-0.25, -0.2) is 0 Å². The van der Waals surface area contributed by atoms with E-state index in [2.05, 4.69) is 0 Å². The Morgan fingerprint density at radius 1 is 1.09 bits per heavy atom. The number of fused-ring (bicyclic) bond motifs is 1. The second kappa shape index (κ2) is 5.87. The third-order valence-corrected chi connectivity index (χ3v) is 3.88. The van der Waals surface area contributed by atoms with Gasteiger partial charge < -0.3 is 20.3 Å². The lowest BCUT2D eigenvalue weighted by Crippen LogP contribution is -2.37. The molecule has 2 atom stereocenters. The van der Waals surface area contributed by atoms with Crippen molar-refractivity contribution in [2.24, 2.45) is 5.73 Å². The summed E-state index contributed by atoms with van der Waals surface area (Å²) >= 11 is 5.90. The molecule has 0 spiro atoms. The van der Waals surface area contributed by atoms with E-state index >= 15 is 0 Å². The summed E-state index contributed by atoms with van der Waals surface area (Å²) in [6, 6.07) is 11.2. The molecular weight excluding hydrogens is 306 g/mol. The van der Waals surface area contributed by atoms with Crippen LogP contribution in [0.25, 0.3) is 0 Å². The molecule has 0 aromatic heterocycles. The number of carboxylic acids is 1. The minimum atomic E-state index is -1.08. The smallest absolute Gasteiger partial charge is 0.321 e. The van der Waals surface area contributed by atoms with Crippen LogP contribution >= 0.6 is 11.6 Å². The average molecular weight is 320 g/mol. The van der Waals surface area contributed by atoms with Gasteiger partial charge in [-0.2, -0.15) is 0 Å². The van der Waals surface area contributed by atoms with Gasteiger partial charge in [-0.15, -0.1) is 0 Å². The predicted molar refractivity (Wildman–Crippen MR) is 81.5 cm³/mol. The van der Waals surface area contributed by atoms with Gasteiger partial charge in [0.15, 0.2) is 11.5 Å². The van der Waals surface area contributed by atoms with Crippen molar-refractivity contribution in [3.63, 3.8) is 0 Å². The van der Waals surface area contributed by atoms with Crippen LogP contribution in [0, 0.1) is 0 Å². The first kappa shape index (κ1) is 14.7. The van der Waals surface area contributed by atoms with Crippen molar-refractivity contribution < 1.29 is 19.4 Å². The second-order valence-corrected chi connectivity index (χ2v) is 5.44. The zero-order valence-corrected chi connectivity index (χ0v) is 12.3. The average Bonchev–Trinajstić information content (AvgIpc) is 2.97. The first-order valence-electron chi connectivity index (χ1n) is 6.69. The van der Waals surface area contributed by atoms with Gasteiger partial charge in [0.25, 0.3) is 0 Å². The number of halogens is 1. The van der Waals surface area contributed by atoms with E-state index in [4.69, 9.17) is 26.8 Å². The molecule has 2 aromatic carbocycles. The van der Waals surface area contributed by atoms with Crippen LogP contribution in [0.2, 0.25) is 5.02 Å². The van der Waals surface area contributed by atoms with E-state index in [1.807, 2.05) is 0 Å². The maximum absolute atomic E-state index is 11.4. The molecule has 114 valence electrons. The standard InChI is InChI=1S/C16H14ClNO4/c17-11-4-1-9(2-5-11)14(15(18)16(19)20)10-3-6-12-13(7-10)22-8-21-12/h1-7,14-15H,8,18H2,(H,19,20)/t14-,15+/m1/s1. The van der Waals surface area contributed by atoms with Crippen LogP contribution in [0.3, 0.4) is 0 Å². The molecule has 0 unspecified atom stereocenters. The highest BCUT2D eigenvalue weighted by Gasteiger charge is 2.29. The Labute approximate surface area is 132 Å². The fourth-order valence-corrected chi connectivity index (χ4v) is 2.65. The first-order valence-corrected chi connectivity index (χ1v) is 7.07. The molecule has 0 saturated carbocycles. The molecule has 5 nitrogen and oxygen atoms in total. The lowest BCUT2D eigenvalue weighted by Gasteiger charge is -2.22. The highest BCUT2D eigenvalue weighted by atomic mass is 35.5. The number of nitrogens with two attached hydrogens (primary N) is 1. The van der Waals surface area contributed by atoms with Crippen LogP contribution in [0.4, 0.5) is 0 Å². The Kier molecular flexibility index (Phi) is 3.92. The van der Waals surface area contributed by atoms with Gasteiger partial charge in [0.1, 0.15) is 6.04 Å². The summed E-state index contributed by atoms with van der Waals surface area (Å²) in [6.07, 6.45) is 0. The summed E-state index contributed by atoms with van der Waals surface area (Å²) in [7, 11) is 0. The monoisotopic (exact) mass is 319 g/mol. The number of ether oxygens (including phenoxy) is 2. The normalized spacial score (nSPS) is 15.4. The van der Waals surface area contributed by atoms with Crippen molar-refractivity contribution in [1.29, 1.82) is 0 Å². The molecule has 0 radical (unpaired) electrons. The lowest BCUT2D eigenvalue weighted by atomic mass is 9.85. The van der Waals surface area contributed by atoms with E-state index in [9.17, 15) is 9.90 Å². The molecule has 1 aliphatic heterocycles. The fraction of sp³-hybridized carbons (Fsp3) is 0.188. The molecular formula is C16H14ClNO4. The van der Waals surface area contributed by atoms with E-state index < -0.39 is 17.9 Å². The molecule has 0 fully saturated rings. The SMILES string of the molecule is N[C@H](C(=O)O)[C@H](c1ccc(Cl)cc1)c1ccc2c(c1)OCO2. The number of benzene rings is 2. The Morgan fingerprint density at radius 2 is 1.73 bits per heavy atom. The van der Waals surface area contributed by atoms with Gasteiger partial charge in [0.05, 0.1) is 0 Å². The minimum Gasteiger partial charge on any atom is -0.480 e. The van der Waals surface area contributed by atoms with Crippen LogP contribution < -0.4 is 15.2 Å². The molecule has 0 amide bonds. The topological polar surface area (TPSA) is 81.8 Å². The zero-order chi connectivity index (χ0) is 15.7. The lowest BCUT2D eigenvalue weighted by molar-refractivity contribution is -0.138. The second-order valence-electron chi connectivity index (χ2n) is 5.01. The van der Waals surface area contributed by atoms with E-state index in [0.29, 0.717) is 16.5 Å². The minimum absolute atomic E-state index is 0.162. The molecule has 22 heavy (non-hydrogen) atoms. The highest BCUT2D eigenvalue weighted by Crippen LogP contribution is 2.37. The Balaban J connectivity index is 2.05. The maximum Gasteiger partial charge on any atom is 0.321 e. The molecule has 3 N–H and O–H groups in total. The Hall–Kier alpha value is -2.24. The summed E-state index contributed by atoms with van der Waals surface area (Å²) in [5.41, 5.74) is 7.43. The van der Waals surface area contributed by atoms with E-state index in [1.54, 1.807) is 42.5 Å². The van der Waals surface area contributed by atoms with E-state index in [0.717, 1.165) is 11.1 Å². The molecule has 0 aliphatic carbocycles. The summed E-state index contributed by atoms with van der Waals surface area (Å²) in [5.74, 6) is -0.349. The van der Waals surface area contributed by atoms with Gasteiger partial charge in [-0.05, 0) is 35.4 Å². The summed E-state index contributed by atoms with van der Waals surface area (Å²) < 4.78 is 10.6. The van der Waals surface area contributed by atoms with Gasteiger partial charge in [0.2, 0.25) is 6.79 Å². The van der Waals surface area contributed by atoms with E-state index in [1.165, 1.54) is 0 Å². The number of carboxylic acid groups (broad SMARTS) is 1. The van der Waals surface area contributed by atoms with Crippen LogP contribution in [0.15, 0.2) is 42.5 Å². The Morgan fingerprint density at radius 3 is 2.41 bits per heavy atom. The van der Waals surface area contributed by atoms with Crippen molar-refractivity contribution in [2.45, 2.75) is 12.0 Å². The van der Waals surface area contributed by atoms with Crippen LogP contribution in [-0.4, -0.2) is 23.9 Å². The number of rotatable bonds is 4. The molecule has 1 aliphatic rings. The summed E-state index contributed by atoms with van der Waals surface area (Å²) in [4.78, 5) is 11.4. The number of hydrogen-bond acceptors (Lipinski definition) is 4. The molecule has 0 saturated heterocycles. The van der Waals surface area contributed by atoms with Crippen LogP contribution in [-0.2, 0) is 4.79 Å². The fourth-order valence-electron chi connectivity index (χ4n) is 2.53. The summed E-state index contributed by atoms with van der Waals surface area (Å²) in [5, 5.41) is 9.90. The molecule has 1 heterocycles. The van der Waals surface area contributed by atoms with Crippen LogP contribution in [0.1, 0.15) is 17.0 Å². The van der Waals surface area contributed by atoms with Crippen molar-refractivity contribution in [3.05, 3.63) is 58.6 Å². The van der Waals surface area contributed by atoms with Gasteiger partial charge in [-0.3, -0.25) is 4.79 Å². The summed E-state index contributed by atoms with van der Waals surface area (Å²) in [6.45, 7) is 0.162. The van der Waals surface area contributed by atoms with Crippen molar-refractivity contribution >= 4 is 17.6 Å². The van der Waals surface area contributed by atoms with Gasteiger partial charge >= 0.3 is 5.97 Å². The zero-order valence-electron chi connectivity index (χ0n) is 11.5. The van der Waals surface area contributed by atoms with Gasteiger partial charge in [-0.1, -0.05) is 29.8 Å². The number of carbonyl (C=O) groups is 1. The molecule has 6 heteroatoms. The van der Waals surface area contributed by atoms with Crippen molar-refractivity contribution in [1.82, 2.24) is 0 Å². The molecule has 0 bridgehead atoms. The maximum atomic E-state index is 11.4. The number of aliphatic carboxylic acids is 1. The largest absolute Gasteiger partial charge is 0.480 e. The van der Waals surface area contributed by atoms with Crippen molar-refractivity contribution in [2.75, 3.05) is 6.79 Å². The number of hydrogen-bond donors (Lipinski definition) is 2. The van der Waals surface area contributed by atoms with Gasteiger partial charge in [0, 0.05) is 10.9 Å². The third kappa shape index (κ3) is 2.73. The van der Waals surface area contributed by atoms with E-state index in [-0.39, 0.29) is 6.79 Å². The van der Waals surface area contributed by atoms with Crippen molar-refractivity contribution in [3.8, 4) is 11.5 Å². The highest BCUT2D eigenvalue weighted by molar-refractivity contribution is 6.30. The third-order valence-electron chi connectivity index (χ3n) is 3.63. The molecule has 3 rings (SSSR count).